The van der Waals surface area contributed by atoms with Crippen LogP contribution >= 0.6 is 0 Å². The van der Waals surface area contributed by atoms with E-state index in [1.165, 1.54) is 37.1 Å². The molecule has 0 radical (unpaired) electrons. The number of halogens is 2. The Kier molecular flexibility index (Phi) is 7.89. The average Bonchev–Trinajstić information content (AvgIpc) is 3.91. The monoisotopic (exact) mass is 692 g/mol. The first kappa shape index (κ1) is 32.5. The summed E-state index contributed by atoms with van der Waals surface area (Å²) in [4.78, 5) is 30.1. The molecule has 10 rings (SSSR count). The smallest absolute Gasteiger partial charge is 0.319 e. The summed E-state index contributed by atoms with van der Waals surface area (Å²) in [6.07, 6.45) is 18.3. The molecule has 2 bridgehead atoms. The average molecular weight is 693 g/mol. The molecule has 1 spiro atoms. The normalized spacial score (nSPS) is 24.0. The quantitative estimate of drug-likeness (QED) is 0.170. The Balaban J connectivity index is 1.01. The zero-order chi connectivity index (χ0) is 34.9. The molecule has 11 heteroatoms. The number of hydrogen-bond acceptors (Lipinski definition) is 9. The summed E-state index contributed by atoms with van der Waals surface area (Å²) in [5, 5.41) is 15.3. The van der Waals surface area contributed by atoms with Gasteiger partial charge in [-0.05, 0) is 99.9 Å². The number of hydrogen-bond donors (Lipinski definition) is 2. The number of nitrogens with one attached hydrogen (secondary N) is 1. The number of terminal acetylenes is 1. The van der Waals surface area contributed by atoms with E-state index < -0.39 is 11.6 Å². The van der Waals surface area contributed by atoms with Crippen LogP contribution in [-0.2, 0) is 4.79 Å². The van der Waals surface area contributed by atoms with Gasteiger partial charge in [0.1, 0.15) is 34.9 Å². The van der Waals surface area contributed by atoms with Gasteiger partial charge < -0.3 is 29.8 Å². The van der Waals surface area contributed by atoms with Crippen molar-refractivity contribution >= 4 is 33.8 Å². The molecule has 2 aliphatic carbocycles. The highest BCUT2D eigenvalue weighted by atomic mass is 19.1. The number of pyridine rings is 1. The predicted molar refractivity (Wildman–Crippen MR) is 191 cm³/mol. The number of piperidine rings is 2. The second-order valence-corrected chi connectivity index (χ2v) is 15.9. The van der Waals surface area contributed by atoms with E-state index in [9.17, 15) is 14.3 Å². The molecule has 2 atom stereocenters. The van der Waals surface area contributed by atoms with Gasteiger partial charge in [0, 0.05) is 60.2 Å². The van der Waals surface area contributed by atoms with Crippen molar-refractivity contribution in [1.29, 1.82) is 0 Å². The van der Waals surface area contributed by atoms with E-state index in [0.717, 1.165) is 84.0 Å². The number of nitrogens with zero attached hydrogens (tertiary/aromatic N) is 5. The lowest BCUT2D eigenvalue weighted by Gasteiger charge is -2.48. The molecule has 2 saturated carbocycles. The minimum atomic E-state index is -0.717. The number of rotatable bonds is 8. The number of likely N-dealkylation sites (tertiary alicyclic amines) is 1. The first-order chi connectivity index (χ1) is 24.7. The number of carbonyl (C=O) groups excluding carboxylic acids is 1. The minimum absolute atomic E-state index is 0.00691. The zero-order valence-corrected chi connectivity index (χ0v) is 28.6. The van der Waals surface area contributed by atoms with E-state index >= 15 is 4.39 Å². The molecule has 2 unspecified atom stereocenters. The van der Waals surface area contributed by atoms with E-state index in [2.05, 4.69) is 31.0 Å². The summed E-state index contributed by atoms with van der Waals surface area (Å²) < 4.78 is 38.1. The summed E-state index contributed by atoms with van der Waals surface area (Å²) in [7, 11) is 0. The van der Waals surface area contributed by atoms with Crippen LogP contribution in [0.25, 0.3) is 32.9 Å². The Hall–Kier alpha value is -4.40. The molecule has 2 N–H and O–H groups in total. The molecular formula is C40H42F2N6O3. The molecule has 4 aliphatic heterocycles. The van der Waals surface area contributed by atoms with Crippen LogP contribution in [0.5, 0.6) is 11.8 Å². The Labute approximate surface area is 295 Å². The summed E-state index contributed by atoms with van der Waals surface area (Å²) in [5.74, 6) is 1.77. The van der Waals surface area contributed by atoms with Gasteiger partial charge in [-0.15, -0.1) is 6.42 Å². The van der Waals surface area contributed by atoms with Gasteiger partial charge in [0.2, 0.25) is 0 Å². The number of anilines is 1. The maximum atomic E-state index is 16.9. The minimum Gasteiger partial charge on any atom is -0.508 e. The maximum absolute atomic E-state index is 16.9. The zero-order valence-electron chi connectivity index (χ0n) is 28.6. The third-order valence-corrected chi connectivity index (χ3v) is 12.5. The highest BCUT2D eigenvalue weighted by Crippen LogP contribution is 2.50. The number of phenols is 1. The number of carbonyl (C=O) groups is 1. The molecule has 51 heavy (non-hydrogen) atoms. The molecule has 6 fully saturated rings. The summed E-state index contributed by atoms with van der Waals surface area (Å²) in [6, 6.07) is 6.36. The number of aldehydes is 1. The van der Waals surface area contributed by atoms with Crippen molar-refractivity contribution in [2.45, 2.75) is 69.9 Å². The van der Waals surface area contributed by atoms with Gasteiger partial charge in [0.25, 0.3) is 0 Å². The Bertz CT molecular complexity index is 2060. The topological polar surface area (TPSA) is 104 Å². The standard InChI is InChI=1S/C40H42F2N6O3/c1-2-29-32(41)4-3-25-15-28(50)17-30(33(25)29)35-34(42)36-31(18-43-35)37(48-19-26-16-27(20-48)44-26)46-38(45-36)51-23-40(9-10-40)22-47-13-11-39(12-14-47)7-5-24(21-49)6-8-39/h1,3-4,15,17-18,21,24,26-27,44,50H,5-14,16,19-20,22-23H2. The SMILES string of the molecule is C#Cc1c(F)ccc2cc(O)cc(-c3ncc4c(N5CC6CC(C5)N6)nc(OCC5(CN6CCC7(CCC(C=O)CC7)CC6)CC5)nc4c3F)c12. The number of ether oxygens (including phenoxy) is 1. The summed E-state index contributed by atoms with van der Waals surface area (Å²) >= 11 is 0. The predicted octanol–water partition coefficient (Wildman–Crippen LogP) is 5.99. The number of aromatic nitrogens is 3. The van der Waals surface area contributed by atoms with Crippen LogP contribution in [0.1, 0.15) is 63.4 Å². The molecule has 4 saturated heterocycles. The second-order valence-electron chi connectivity index (χ2n) is 15.9. The van der Waals surface area contributed by atoms with Crippen molar-refractivity contribution in [1.82, 2.24) is 25.2 Å². The van der Waals surface area contributed by atoms with Crippen molar-refractivity contribution in [3.05, 3.63) is 47.7 Å². The van der Waals surface area contributed by atoms with E-state index in [0.29, 0.717) is 46.1 Å². The molecule has 0 amide bonds. The third kappa shape index (κ3) is 5.86. The Morgan fingerprint density at radius 2 is 1.80 bits per heavy atom. The number of phenolic OH excluding ortho intramolecular Hbond substituents is 1. The van der Waals surface area contributed by atoms with Crippen LogP contribution in [0.3, 0.4) is 0 Å². The number of aromatic hydroxyl groups is 1. The maximum Gasteiger partial charge on any atom is 0.319 e. The fourth-order valence-electron chi connectivity index (χ4n) is 9.25. The van der Waals surface area contributed by atoms with Gasteiger partial charge in [0.15, 0.2) is 5.82 Å². The first-order valence-corrected chi connectivity index (χ1v) is 18.3. The van der Waals surface area contributed by atoms with E-state index in [1.807, 2.05) is 0 Å². The van der Waals surface area contributed by atoms with Gasteiger partial charge in [0.05, 0.1) is 17.6 Å². The van der Waals surface area contributed by atoms with Crippen molar-refractivity contribution in [2.24, 2.45) is 16.7 Å². The molecule has 4 aromatic rings. The van der Waals surface area contributed by atoms with Crippen LogP contribution in [0, 0.1) is 40.7 Å². The molecule has 264 valence electrons. The molecule has 9 nitrogen and oxygen atoms in total. The molecule has 2 aromatic heterocycles. The van der Waals surface area contributed by atoms with Crippen LogP contribution in [0.2, 0.25) is 0 Å². The van der Waals surface area contributed by atoms with E-state index in [1.54, 1.807) is 6.20 Å². The lowest BCUT2D eigenvalue weighted by molar-refractivity contribution is -0.113. The van der Waals surface area contributed by atoms with Gasteiger partial charge in [-0.1, -0.05) is 12.0 Å². The van der Waals surface area contributed by atoms with Crippen LogP contribution < -0.4 is 15.0 Å². The molecule has 6 aliphatic rings. The molecule has 6 heterocycles. The van der Waals surface area contributed by atoms with Crippen molar-refractivity contribution < 1.29 is 23.4 Å². The lowest BCUT2D eigenvalue weighted by Crippen LogP contribution is -2.67. The van der Waals surface area contributed by atoms with Crippen LogP contribution in [-0.4, -0.2) is 82.7 Å². The third-order valence-electron chi connectivity index (χ3n) is 12.5. The van der Waals surface area contributed by atoms with E-state index in [-0.39, 0.29) is 45.4 Å². The Morgan fingerprint density at radius 1 is 1.06 bits per heavy atom. The summed E-state index contributed by atoms with van der Waals surface area (Å²) in [5.41, 5.74) is 0.512. The molecular weight excluding hydrogens is 650 g/mol. The van der Waals surface area contributed by atoms with Crippen molar-refractivity contribution in [3.63, 3.8) is 0 Å². The van der Waals surface area contributed by atoms with Crippen LogP contribution in [0.15, 0.2) is 30.5 Å². The van der Waals surface area contributed by atoms with Gasteiger partial charge in [-0.3, -0.25) is 4.98 Å². The lowest BCUT2D eigenvalue weighted by atomic mass is 9.65. The highest BCUT2D eigenvalue weighted by molar-refractivity contribution is 6.03. The molecule has 2 aromatic carbocycles. The van der Waals surface area contributed by atoms with Gasteiger partial charge >= 0.3 is 6.01 Å². The first-order valence-electron chi connectivity index (χ1n) is 18.3. The highest BCUT2D eigenvalue weighted by Gasteiger charge is 2.47. The largest absolute Gasteiger partial charge is 0.508 e. The Morgan fingerprint density at radius 3 is 2.49 bits per heavy atom. The summed E-state index contributed by atoms with van der Waals surface area (Å²) in [6.45, 7) is 4.96. The number of benzene rings is 2. The van der Waals surface area contributed by atoms with Gasteiger partial charge in [-0.25, -0.2) is 8.78 Å². The van der Waals surface area contributed by atoms with Crippen molar-refractivity contribution in [3.8, 4) is 35.4 Å². The number of fused-ring (bicyclic) bond motifs is 4. The fourth-order valence-corrected chi connectivity index (χ4v) is 9.25. The number of piperazine rings is 1. The van der Waals surface area contributed by atoms with Crippen LogP contribution in [0.4, 0.5) is 14.6 Å². The van der Waals surface area contributed by atoms with E-state index in [4.69, 9.17) is 16.1 Å². The van der Waals surface area contributed by atoms with Crippen molar-refractivity contribution in [2.75, 3.05) is 44.2 Å². The van der Waals surface area contributed by atoms with Gasteiger partial charge in [-0.2, -0.15) is 9.97 Å². The fraction of sp³-hybridized carbons (Fsp3) is 0.500. The second kappa shape index (κ2) is 12.4.